The number of hydrogen-bond acceptors (Lipinski definition) is 9. The van der Waals surface area contributed by atoms with Crippen molar-refractivity contribution in [3.63, 3.8) is 0 Å². The molecule has 7 atom stereocenters. The van der Waals surface area contributed by atoms with E-state index < -0.39 is 35.4 Å². The van der Waals surface area contributed by atoms with Crippen LogP contribution in [0.15, 0.2) is 0 Å². The van der Waals surface area contributed by atoms with Crippen molar-refractivity contribution in [2.45, 2.75) is 77.4 Å². The maximum Gasteiger partial charge on any atom is 0.410 e. The third-order valence-electron chi connectivity index (χ3n) is 8.03. The molecule has 11 nitrogen and oxygen atoms in total. The molecule has 0 bridgehead atoms. The Morgan fingerprint density at radius 3 is 2.22 bits per heavy atom. The van der Waals surface area contributed by atoms with Crippen molar-refractivity contribution in [2.24, 2.45) is 17.8 Å². The first-order chi connectivity index (χ1) is 17.7. The number of fused-ring (bicyclic) bond motifs is 1. The standard InChI is InChI=1S/C25H43N3O8S/c1-5-10-28(37(32)33)20-13-21(23(29)35-6-2)26(16-20)14-17-8-9-18-15-27(25(31)34-4)22(12-19(18)11-17)24(30)36-7-3/h17-22H,5-16H2,1-4H3,(H,32,33)/p-1. The fourth-order valence-electron chi connectivity index (χ4n) is 6.40. The molecule has 2 aliphatic heterocycles. The molecule has 0 aromatic carbocycles. The van der Waals surface area contributed by atoms with Gasteiger partial charge in [0.15, 0.2) is 0 Å². The number of nitrogens with zero attached hydrogens (tertiary/aromatic N) is 3. The van der Waals surface area contributed by atoms with Crippen LogP contribution in [0.25, 0.3) is 0 Å². The van der Waals surface area contributed by atoms with E-state index in [-0.39, 0.29) is 37.1 Å². The van der Waals surface area contributed by atoms with Crippen molar-refractivity contribution >= 4 is 29.3 Å². The number of hydrogen-bond donors (Lipinski definition) is 0. The highest BCUT2D eigenvalue weighted by molar-refractivity contribution is 7.76. The average Bonchev–Trinajstić information content (AvgIpc) is 3.29. The molecule has 2 saturated heterocycles. The molecule has 0 aromatic heterocycles. The van der Waals surface area contributed by atoms with Crippen LogP contribution in [0.5, 0.6) is 0 Å². The SMILES string of the molecule is CCCN(C1CC(C(=O)OCC)N(CC2CCC3CN(C(=O)OC)C(C(=O)OCC)CC3C2)C1)S(=O)[O-]. The molecule has 1 saturated carbocycles. The molecular weight excluding hydrogens is 502 g/mol. The highest BCUT2D eigenvalue weighted by atomic mass is 32.2. The van der Waals surface area contributed by atoms with E-state index in [0.717, 1.165) is 19.3 Å². The van der Waals surface area contributed by atoms with Crippen LogP contribution in [0.2, 0.25) is 0 Å². The fourth-order valence-corrected chi connectivity index (χ4v) is 7.13. The van der Waals surface area contributed by atoms with Gasteiger partial charge in [0, 0.05) is 43.5 Å². The topological polar surface area (TPSA) is 129 Å². The molecule has 0 N–H and O–H groups in total. The maximum absolute atomic E-state index is 12.8. The van der Waals surface area contributed by atoms with Crippen LogP contribution < -0.4 is 0 Å². The predicted molar refractivity (Wildman–Crippen MR) is 135 cm³/mol. The van der Waals surface area contributed by atoms with Gasteiger partial charge in [-0.25, -0.2) is 13.9 Å². The molecule has 2 heterocycles. The second-order valence-corrected chi connectivity index (χ2v) is 11.2. The Balaban J connectivity index is 1.70. The summed E-state index contributed by atoms with van der Waals surface area (Å²) in [4.78, 5) is 41.4. The molecule has 3 aliphatic rings. The quantitative estimate of drug-likeness (QED) is 0.230. The lowest BCUT2D eigenvalue weighted by Crippen LogP contribution is -2.55. The van der Waals surface area contributed by atoms with Crippen LogP contribution in [0.1, 0.15) is 59.3 Å². The number of carbonyl (C=O) groups is 3. The predicted octanol–water partition coefficient (Wildman–Crippen LogP) is 1.93. The molecule has 1 amide bonds. The third kappa shape index (κ3) is 7.21. The normalized spacial score (nSPS) is 31.0. The van der Waals surface area contributed by atoms with Gasteiger partial charge in [-0.15, -0.1) is 0 Å². The zero-order valence-electron chi connectivity index (χ0n) is 22.5. The van der Waals surface area contributed by atoms with E-state index in [2.05, 4.69) is 4.90 Å². The summed E-state index contributed by atoms with van der Waals surface area (Å²) < 4.78 is 40.7. The number of amides is 1. The van der Waals surface area contributed by atoms with Crippen LogP contribution in [-0.4, -0.2) is 106 Å². The zero-order valence-corrected chi connectivity index (χ0v) is 23.3. The fraction of sp³-hybridized carbons (Fsp3) is 0.880. The third-order valence-corrected chi connectivity index (χ3v) is 8.89. The van der Waals surface area contributed by atoms with Crippen LogP contribution in [-0.2, 0) is 35.1 Å². The second-order valence-electron chi connectivity index (χ2n) is 10.3. The molecule has 0 spiro atoms. The van der Waals surface area contributed by atoms with E-state index in [9.17, 15) is 23.1 Å². The monoisotopic (exact) mass is 544 g/mol. The molecule has 12 heteroatoms. The van der Waals surface area contributed by atoms with Gasteiger partial charge in [-0.1, -0.05) is 6.92 Å². The molecule has 37 heavy (non-hydrogen) atoms. The first kappa shape index (κ1) is 29.8. The van der Waals surface area contributed by atoms with Crippen molar-refractivity contribution in [1.29, 1.82) is 0 Å². The Labute approximate surface area is 222 Å². The minimum absolute atomic E-state index is 0.246. The lowest BCUT2D eigenvalue weighted by atomic mass is 9.69. The van der Waals surface area contributed by atoms with Gasteiger partial charge in [0.25, 0.3) is 0 Å². The number of ether oxygens (including phenoxy) is 3. The molecule has 3 fully saturated rings. The van der Waals surface area contributed by atoms with Gasteiger partial charge in [0.05, 0.1) is 20.3 Å². The van der Waals surface area contributed by atoms with Crippen molar-refractivity contribution < 1.29 is 37.4 Å². The number of methoxy groups -OCH3 is 1. The van der Waals surface area contributed by atoms with Crippen LogP contribution in [0.3, 0.4) is 0 Å². The van der Waals surface area contributed by atoms with Crippen LogP contribution >= 0.6 is 0 Å². The Morgan fingerprint density at radius 2 is 1.62 bits per heavy atom. The Kier molecular flexibility index (Phi) is 11.2. The Hall–Kier alpha value is -1.76. The zero-order chi connectivity index (χ0) is 27.1. The number of esters is 2. The molecule has 0 aromatic rings. The molecule has 212 valence electrons. The summed E-state index contributed by atoms with van der Waals surface area (Å²) in [7, 11) is 1.32. The maximum atomic E-state index is 12.8. The summed E-state index contributed by atoms with van der Waals surface area (Å²) in [5.74, 6) is 0.109. The smallest absolute Gasteiger partial charge is 0.410 e. The van der Waals surface area contributed by atoms with Crippen LogP contribution in [0.4, 0.5) is 4.79 Å². The van der Waals surface area contributed by atoms with E-state index in [1.165, 1.54) is 16.3 Å². The molecule has 3 rings (SSSR count). The highest BCUT2D eigenvalue weighted by Crippen LogP contribution is 2.42. The summed E-state index contributed by atoms with van der Waals surface area (Å²) in [5, 5.41) is 0. The van der Waals surface area contributed by atoms with Crippen molar-refractivity contribution in [3.8, 4) is 0 Å². The Bertz CT molecular complexity index is 830. The highest BCUT2D eigenvalue weighted by Gasteiger charge is 2.46. The summed E-state index contributed by atoms with van der Waals surface area (Å²) in [6.07, 6.45) is 3.85. The van der Waals surface area contributed by atoms with E-state index in [1.807, 2.05) is 6.92 Å². The van der Waals surface area contributed by atoms with Crippen molar-refractivity contribution in [2.75, 3.05) is 46.5 Å². The summed E-state index contributed by atoms with van der Waals surface area (Å²) in [6.45, 7) is 8.01. The second kappa shape index (κ2) is 13.9. The van der Waals surface area contributed by atoms with Crippen LogP contribution in [0, 0.1) is 17.8 Å². The largest absolute Gasteiger partial charge is 0.760 e. The van der Waals surface area contributed by atoms with Crippen molar-refractivity contribution in [1.82, 2.24) is 14.1 Å². The average molecular weight is 545 g/mol. The molecule has 1 aliphatic carbocycles. The van der Waals surface area contributed by atoms with E-state index in [1.54, 1.807) is 13.8 Å². The molecule has 0 radical (unpaired) electrons. The lowest BCUT2D eigenvalue weighted by molar-refractivity contribution is -0.153. The summed E-state index contributed by atoms with van der Waals surface area (Å²) >= 11 is -2.35. The van der Waals surface area contributed by atoms with E-state index in [0.29, 0.717) is 51.4 Å². The Morgan fingerprint density at radius 1 is 0.946 bits per heavy atom. The van der Waals surface area contributed by atoms with Gasteiger partial charge in [0.1, 0.15) is 12.1 Å². The summed E-state index contributed by atoms with van der Waals surface area (Å²) in [5.41, 5.74) is 0. The van der Waals surface area contributed by atoms with Gasteiger partial charge >= 0.3 is 18.0 Å². The minimum atomic E-state index is -2.35. The number of likely N-dealkylation sites (tertiary alicyclic amines) is 2. The summed E-state index contributed by atoms with van der Waals surface area (Å²) in [6, 6.07) is -1.40. The van der Waals surface area contributed by atoms with Gasteiger partial charge in [-0.2, -0.15) is 0 Å². The van der Waals surface area contributed by atoms with Gasteiger partial charge in [-0.05, 0) is 70.1 Å². The molecule has 7 unspecified atom stereocenters. The first-order valence-electron chi connectivity index (χ1n) is 13.5. The first-order valence-corrected chi connectivity index (χ1v) is 14.5. The number of piperidine rings is 1. The number of carbonyl (C=O) groups excluding carboxylic acids is 3. The minimum Gasteiger partial charge on any atom is -0.760 e. The van der Waals surface area contributed by atoms with E-state index >= 15 is 0 Å². The molecular formula is C25H42N3O8S-. The van der Waals surface area contributed by atoms with Gasteiger partial charge in [-0.3, -0.25) is 18.8 Å². The van der Waals surface area contributed by atoms with E-state index in [4.69, 9.17) is 14.2 Å². The van der Waals surface area contributed by atoms with Gasteiger partial charge < -0.3 is 18.8 Å². The lowest BCUT2D eigenvalue weighted by Gasteiger charge is -2.46. The van der Waals surface area contributed by atoms with Crippen molar-refractivity contribution in [3.05, 3.63) is 0 Å². The number of rotatable bonds is 10. The van der Waals surface area contributed by atoms with Gasteiger partial charge in [0.2, 0.25) is 0 Å².